The molecule has 32 heavy (non-hydrogen) atoms. The highest BCUT2D eigenvalue weighted by Gasteiger charge is 2.22. The molecule has 0 saturated carbocycles. The van der Waals surface area contributed by atoms with Gasteiger partial charge in [0, 0.05) is 67.7 Å². The summed E-state index contributed by atoms with van der Waals surface area (Å²) < 4.78 is 0. The molecule has 0 aliphatic carbocycles. The van der Waals surface area contributed by atoms with E-state index in [2.05, 4.69) is 56.9 Å². The Kier molecular flexibility index (Phi) is 7.23. The summed E-state index contributed by atoms with van der Waals surface area (Å²) in [4.78, 5) is 29.9. The molecule has 0 fully saturated rings. The molecule has 2 amide bonds. The van der Waals surface area contributed by atoms with Crippen LogP contribution in [0.1, 0.15) is 44.2 Å². The molecule has 6 nitrogen and oxygen atoms in total. The Hall–Kier alpha value is -3.28. The van der Waals surface area contributed by atoms with Crippen molar-refractivity contribution in [1.82, 2.24) is 15.6 Å². The van der Waals surface area contributed by atoms with Gasteiger partial charge in [0.2, 0.25) is 11.8 Å². The first-order chi connectivity index (χ1) is 15.2. The normalized spacial score (nSPS) is 12.4. The van der Waals surface area contributed by atoms with E-state index < -0.39 is 5.41 Å². The number of nitrogens with one attached hydrogen (secondary N) is 3. The van der Waals surface area contributed by atoms with E-state index in [4.69, 9.17) is 0 Å². The Morgan fingerprint density at radius 2 is 1.69 bits per heavy atom. The molecule has 0 aliphatic heterocycles. The molecule has 1 atom stereocenters. The fourth-order valence-electron chi connectivity index (χ4n) is 3.65. The number of benzene rings is 2. The smallest absolute Gasteiger partial charge is 0.225 e. The van der Waals surface area contributed by atoms with Crippen molar-refractivity contribution in [1.29, 1.82) is 0 Å². The highest BCUT2D eigenvalue weighted by atomic mass is 16.2. The Morgan fingerprint density at radius 3 is 2.34 bits per heavy atom. The second-order valence-electron chi connectivity index (χ2n) is 9.39. The van der Waals surface area contributed by atoms with Gasteiger partial charge < -0.3 is 20.5 Å². The van der Waals surface area contributed by atoms with Crippen molar-refractivity contribution < 1.29 is 9.59 Å². The molecule has 1 heterocycles. The topological polar surface area (TPSA) is 77.2 Å². The molecular formula is C26H34N4O2. The van der Waals surface area contributed by atoms with E-state index in [0.29, 0.717) is 13.1 Å². The molecule has 0 radical (unpaired) electrons. The lowest BCUT2D eigenvalue weighted by Crippen LogP contribution is -2.37. The first kappa shape index (κ1) is 23.4. The van der Waals surface area contributed by atoms with Gasteiger partial charge in [0.25, 0.3) is 0 Å². The van der Waals surface area contributed by atoms with E-state index in [1.54, 1.807) is 0 Å². The zero-order valence-electron chi connectivity index (χ0n) is 19.7. The van der Waals surface area contributed by atoms with Crippen LogP contribution in [-0.2, 0) is 9.59 Å². The van der Waals surface area contributed by atoms with Crippen molar-refractivity contribution in [3.05, 3.63) is 65.9 Å². The summed E-state index contributed by atoms with van der Waals surface area (Å²) in [7, 11) is 4.04. The number of anilines is 1. The van der Waals surface area contributed by atoms with Gasteiger partial charge in [0.15, 0.2) is 0 Å². The Labute approximate surface area is 190 Å². The number of aromatic nitrogens is 1. The monoisotopic (exact) mass is 434 g/mol. The number of H-pyrrole nitrogens is 1. The fraction of sp³-hybridized carbons (Fsp3) is 0.385. The van der Waals surface area contributed by atoms with Crippen molar-refractivity contribution in [2.24, 2.45) is 5.41 Å². The van der Waals surface area contributed by atoms with Crippen LogP contribution in [0.2, 0.25) is 0 Å². The van der Waals surface area contributed by atoms with Crippen LogP contribution in [0, 0.1) is 5.41 Å². The van der Waals surface area contributed by atoms with E-state index >= 15 is 0 Å². The zero-order chi connectivity index (χ0) is 23.3. The molecule has 2 aromatic carbocycles. The summed E-state index contributed by atoms with van der Waals surface area (Å²) in [5.41, 5.74) is 4.04. The first-order valence-electron chi connectivity index (χ1n) is 11.0. The summed E-state index contributed by atoms with van der Waals surface area (Å²) in [6.07, 6.45) is 2.28. The third-order valence-electron chi connectivity index (χ3n) is 5.63. The number of aromatic amines is 1. The number of para-hydroxylation sites is 1. The van der Waals surface area contributed by atoms with Crippen LogP contribution in [0.15, 0.2) is 54.7 Å². The van der Waals surface area contributed by atoms with Gasteiger partial charge in [0.1, 0.15) is 0 Å². The number of carbonyl (C=O) groups is 2. The van der Waals surface area contributed by atoms with Gasteiger partial charge >= 0.3 is 0 Å². The van der Waals surface area contributed by atoms with Crippen LogP contribution in [0.4, 0.5) is 5.69 Å². The molecule has 1 unspecified atom stereocenters. The van der Waals surface area contributed by atoms with Gasteiger partial charge in [-0.15, -0.1) is 0 Å². The quantitative estimate of drug-likeness (QED) is 0.501. The first-order valence-corrected chi connectivity index (χ1v) is 11.0. The zero-order valence-corrected chi connectivity index (χ0v) is 19.7. The van der Waals surface area contributed by atoms with E-state index in [9.17, 15) is 9.59 Å². The molecule has 3 rings (SSSR count). The Balaban J connectivity index is 1.73. The van der Waals surface area contributed by atoms with Crippen LogP contribution >= 0.6 is 0 Å². The number of fused-ring (bicyclic) bond motifs is 1. The number of carbonyl (C=O) groups excluding carboxylic acids is 2. The highest BCUT2D eigenvalue weighted by molar-refractivity contribution is 5.85. The molecule has 0 spiro atoms. The Morgan fingerprint density at radius 1 is 1.00 bits per heavy atom. The van der Waals surface area contributed by atoms with Gasteiger partial charge in [-0.05, 0) is 29.3 Å². The maximum absolute atomic E-state index is 12.5. The minimum atomic E-state index is -0.463. The van der Waals surface area contributed by atoms with Crippen LogP contribution < -0.4 is 15.5 Å². The summed E-state index contributed by atoms with van der Waals surface area (Å²) in [5.74, 6) is -0.118. The summed E-state index contributed by atoms with van der Waals surface area (Å²) >= 11 is 0. The SMILES string of the molecule is CN(C)c1ccc(C(CNC(=O)CCNC(=O)C(C)(C)C)c2c[nH]c3ccccc23)cc1. The maximum atomic E-state index is 12.5. The minimum Gasteiger partial charge on any atom is -0.378 e. The lowest BCUT2D eigenvalue weighted by molar-refractivity contribution is -0.128. The lowest BCUT2D eigenvalue weighted by atomic mass is 9.90. The third kappa shape index (κ3) is 5.69. The van der Waals surface area contributed by atoms with Crippen LogP contribution in [-0.4, -0.2) is 44.0 Å². The number of hydrogen-bond donors (Lipinski definition) is 3. The van der Waals surface area contributed by atoms with Crippen LogP contribution in [0.5, 0.6) is 0 Å². The average Bonchev–Trinajstić information content (AvgIpc) is 3.17. The van der Waals surface area contributed by atoms with Gasteiger partial charge in [-0.1, -0.05) is 51.1 Å². The predicted octanol–water partition coefficient (Wildman–Crippen LogP) is 4.03. The van der Waals surface area contributed by atoms with Crippen LogP contribution in [0.25, 0.3) is 10.9 Å². The standard InChI is InChI=1S/C26H34N4O2/c1-26(2,3)25(32)27-15-14-24(31)29-16-21(18-10-12-19(13-11-18)30(4)5)22-17-28-23-9-7-6-8-20(22)23/h6-13,17,21,28H,14-16H2,1-5H3,(H,27,32)(H,29,31). The van der Waals surface area contributed by atoms with Crippen LogP contribution in [0.3, 0.4) is 0 Å². The summed E-state index contributed by atoms with van der Waals surface area (Å²) in [6.45, 7) is 6.38. The molecule has 0 bridgehead atoms. The van der Waals surface area contributed by atoms with Crippen molar-refractivity contribution >= 4 is 28.4 Å². The molecule has 6 heteroatoms. The third-order valence-corrected chi connectivity index (χ3v) is 5.63. The van der Waals surface area contributed by atoms with Gasteiger partial charge in [-0.3, -0.25) is 9.59 Å². The molecule has 1 aromatic heterocycles. The molecule has 0 aliphatic rings. The van der Waals surface area contributed by atoms with Gasteiger partial charge in [-0.25, -0.2) is 0 Å². The summed E-state index contributed by atoms with van der Waals surface area (Å²) in [5, 5.41) is 7.06. The van der Waals surface area contributed by atoms with Gasteiger partial charge in [0.05, 0.1) is 0 Å². The van der Waals surface area contributed by atoms with Crippen molar-refractivity contribution in [2.45, 2.75) is 33.1 Å². The molecule has 0 saturated heterocycles. The summed E-state index contributed by atoms with van der Waals surface area (Å²) in [6, 6.07) is 16.6. The average molecular weight is 435 g/mol. The van der Waals surface area contributed by atoms with Crippen molar-refractivity contribution in [3.8, 4) is 0 Å². The van der Waals surface area contributed by atoms with Crippen molar-refractivity contribution in [2.75, 3.05) is 32.1 Å². The predicted molar refractivity (Wildman–Crippen MR) is 131 cm³/mol. The molecule has 170 valence electrons. The Bertz CT molecular complexity index is 1060. The largest absolute Gasteiger partial charge is 0.378 e. The second-order valence-corrected chi connectivity index (χ2v) is 9.39. The lowest BCUT2D eigenvalue weighted by Gasteiger charge is -2.20. The van der Waals surface area contributed by atoms with E-state index in [0.717, 1.165) is 27.7 Å². The van der Waals surface area contributed by atoms with E-state index in [-0.39, 0.29) is 24.2 Å². The molecule has 3 aromatic rings. The maximum Gasteiger partial charge on any atom is 0.225 e. The van der Waals surface area contributed by atoms with Crippen molar-refractivity contribution in [3.63, 3.8) is 0 Å². The number of hydrogen-bond acceptors (Lipinski definition) is 3. The van der Waals surface area contributed by atoms with E-state index in [1.807, 2.05) is 53.2 Å². The number of rotatable bonds is 8. The number of amides is 2. The number of nitrogens with zero attached hydrogens (tertiary/aromatic N) is 1. The van der Waals surface area contributed by atoms with E-state index in [1.165, 1.54) is 0 Å². The molecular weight excluding hydrogens is 400 g/mol. The fourth-order valence-corrected chi connectivity index (χ4v) is 3.65. The highest BCUT2D eigenvalue weighted by Crippen LogP contribution is 2.31. The minimum absolute atomic E-state index is 0.00970. The molecule has 3 N–H and O–H groups in total. The van der Waals surface area contributed by atoms with Gasteiger partial charge in [-0.2, -0.15) is 0 Å². The second kappa shape index (κ2) is 9.90.